The quantitative estimate of drug-likeness (QED) is 0.573. The number of benzene rings is 1. The highest BCUT2D eigenvalue weighted by Gasteiger charge is 2.58. The van der Waals surface area contributed by atoms with Gasteiger partial charge in [-0.2, -0.15) is 4.39 Å². The number of rotatable bonds is 4. The molecular formula is C21H25FO3. The summed E-state index contributed by atoms with van der Waals surface area (Å²) in [5.41, 5.74) is -0.110. The van der Waals surface area contributed by atoms with Gasteiger partial charge in [0.1, 0.15) is 5.60 Å². The predicted molar refractivity (Wildman–Crippen MR) is 92.0 cm³/mol. The molecule has 0 N–H and O–H groups in total. The summed E-state index contributed by atoms with van der Waals surface area (Å²) >= 11 is 0. The maximum atomic E-state index is 12.7. The fourth-order valence-electron chi connectivity index (χ4n) is 5.98. The first-order valence-corrected chi connectivity index (χ1v) is 9.31. The number of carbonyl (C=O) groups excluding carboxylic acids is 2. The van der Waals surface area contributed by atoms with Crippen molar-refractivity contribution in [1.82, 2.24) is 0 Å². The molecule has 4 fully saturated rings. The normalized spacial score (nSPS) is 33.3. The molecule has 0 aromatic heterocycles. The molecule has 1 aromatic rings. The third kappa shape index (κ3) is 2.80. The Morgan fingerprint density at radius 2 is 1.40 bits per heavy atom. The van der Waals surface area contributed by atoms with Crippen molar-refractivity contribution in [3.05, 3.63) is 35.4 Å². The lowest BCUT2D eigenvalue weighted by Gasteiger charge is -2.61. The molecule has 1 aromatic carbocycles. The Bertz CT molecular complexity index is 669. The lowest BCUT2D eigenvalue weighted by Crippen LogP contribution is -2.57. The number of halogens is 1. The minimum Gasteiger partial charge on any atom is -0.455 e. The summed E-state index contributed by atoms with van der Waals surface area (Å²) in [5.74, 6) is 1.98. The molecule has 3 nitrogen and oxygen atoms in total. The summed E-state index contributed by atoms with van der Waals surface area (Å²) < 4.78 is 18.7. The zero-order valence-electron chi connectivity index (χ0n) is 14.9. The van der Waals surface area contributed by atoms with E-state index in [0.29, 0.717) is 5.56 Å². The van der Waals surface area contributed by atoms with Gasteiger partial charge in [-0.25, -0.2) is 4.79 Å². The van der Waals surface area contributed by atoms with Crippen molar-refractivity contribution in [2.45, 2.75) is 58.0 Å². The van der Waals surface area contributed by atoms with Crippen molar-refractivity contribution in [1.29, 1.82) is 0 Å². The molecule has 134 valence electrons. The van der Waals surface area contributed by atoms with E-state index in [4.69, 9.17) is 4.74 Å². The third-order valence-electron chi connectivity index (χ3n) is 7.01. The molecule has 4 bridgehead atoms. The second kappa shape index (κ2) is 5.65. The summed E-state index contributed by atoms with van der Waals surface area (Å²) in [4.78, 5) is 23.4. The lowest BCUT2D eigenvalue weighted by atomic mass is 9.46. The topological polar surface area (TPSA) is 43.4 Å². The second-order valence-corrected chi connectivity index (χ2v) is 8.95. The highest BCUT2D eigenvalue weighted by atomic mass is 19.1. The van der Waals surface area contributed by atoms with Gasteiger partial charge in [-0.3, -0.25) is 4.79 Å². The van der Waals surface area contributed by atoms with E-state index in [1.807, 2.05) is 0 Å². The molecule has 0 aliphatic heterocycles. The Hall–Kier alpha value is -1.71. The Balaban J connectivity index is 1.53. The highest BCUT2D eigenvalue weighted by molar-refractivity contribution is 5.93. The van der Waals surface area contributed by atoms with Crippen LogP contribution < -0.4 is 0 Å². The van der Waals surface area contributed by atoms with Gasteiger partial charge in [0.15, 0.2) is 0 Å². The predicted octanol–water partition coefficient (Wildman–Crippen LogP) is 4.95. The molecule has 4 aliphatic carbocycles. The summed E-state index contributed by atoms with van der Waals surface area (Å²) in [6.07, 6.45) is 7.53. The molecule has 0 amide bonds. The number of hydrogen-bond donors (Lipinski definition) is 0. The van der Waals surface area contributed by atoms with E-state index in [-0.39, 0.29) is 11.0 Å². The largest absolute Gasteiger partial charge is 0.455 e. The summed E-state index contributed by atoms with van der Waals surface area (Å²) in [5, 5.41) is 0. The van der Waals surface area contributed by atoms with Crippen molar-refractivity contribution in [3.8, 4) is 0 Å². The van der Waals surface area contributed by atoms with Crippen LogP contribution in [0.1, 0.15) is 73.1 Å². The summed E-state index contributed by atoms with van der Waals surface area (Å²) in [7, 11) is 0. The van der Waals surface area contributed by atoms with Crippen LogP contribution in [0, 0.1) is 23.2 Å². The van der Waals surface area contributed by atoms with Crippen molar-refractivity contribution >= 4 is 12.0 Å². The van der Waals surface area contributed by atoms with Crippen LogP contribution in [-0.2, 0) is 4.74 Å². The zero-order chi connectivity index (χ0) is 17.8. The van der Waals surface area contributed by atoms with Crippen LogP contribution in [-0.4, -0.2) is 17.6 Å². The second-order valence-electron chi connectivity index (χ2n) is 8.95. The maximum absolute atomic E-state index is 12.7. The zero-order valence-corrected chi connectivity index (χ0v) is 14.9. The highest BCUT2D eigenvalue weighted by Crippen LogP contribution is 2.64. The van der Waals surface area contributed by atoms with Crippen LogP contribution in [0.3, 0.4) is 0 Å². The molecule has 0 spiro atoms. The third-order valence-corrected chi connectivity index (χ3v) is 7.01. The fourth-order valence-corrected chi connectivity index (χ4v) is 5.98. The van der Waals surface area contributed by atoms with Crippen molar-refractivity contribution in [3.63, 3.8) is 0 Å². The molecule has 0 radical (unpaired) electrons. The standard InChI is InChI=1S/C21H25FO3/c1-20(2,21-10-13-7-14(11-21)9-15(8-13)12-21)25-19(24)17-5-3-16(4-6-17)18(22)23/h3-6,13-15H,7-12H2,1-2H3. The van der Waals surface area contributed by atoms with Gasteiger partial charge in [0.2, 0.25) is 0 Å². The van der Waals surface area contributed by atoms with E-state index >= 15 is 0 Å². The average molecular weight is 344 g/mol. The Morgan fingerprint density at radius 1 is 0.960 bits per heavy atom. The van der Waals surface area contributed by atoms with Gasteiger partial charge in [-0.15, -0.1) is 0 Å². The van der Waals surface area contributed by atoms with Crippen LogP contribution in [0.25, 0.3) is 0 Å². The van der Waals surface area contributed by atoms with Gasteiger partial charge < -0.3 is 4.74 Å². The van der Waals surface area contributed by atoms with E-state index in [2.05, 4.69) is 13.8 Å². The van der Waals surface area contributed by atoms with Crippen LogP contribution >= 0.6 is 0 Å². The van der Waals surface area contributed by atoms with Crippen LogP contribution in [0.15, 0.2) is 24.3 Å². The summed E-state index contributed by atoms with van der Waals surface area (Å²) in [6.45, 7) is 4.11. The van der Waals surface area contributed by atoms with E-state index in [1.165, 1.54) is 43.5 Å². The maximum Gasteiger partial charge on any atom is 0.338 e. The number of hydrogen-bond acceptors (Lipinski definition) is 3. The number of carbonyl (C=O) groups is 2. The number of esters is 1. The average Bonchev–Trinajstić information content (AvgIpc) is 2.53. The van der Waals surface area contributed by atoms with Crippen molar-refractivity contribution in [2.75, 3.05) is 0 Å². The first-order valence-electron chi connectivity index (χ1n) is 9.31. The van der Waals surface area contributed by atoms with Crippen LogP contribution in [0.2, 0.25) is 0 Å². The monoisotopic (exact) mass is 344 g/mol. The van der Waals surface area contributed by atoms with Crippen molar-refractivity contribution in [2.24, 2.45) is 23.2 Å². The molecule has 25 heavy (non-hydrogen) atoms. The lowest BCUT2D eigenvalue weighted by molar-refractivity contribution is -0.164. The SMILES string of the molecule is CC(C)(OC(=O)c1ccc(C(=O)F)cc1)C12CC3CC(CC(C3)C1)C2. The van der Waals surface area contributed by atoms with E-state index in [0.717, 1.165) is 37.0 Å². The van der Waals surface area contributed by atoms with Crippen LogP contribution in [0.4, 0.5) is 4.39 Å². The molecule has 0 atom stereocenters. The Kier molecular flexibility index (Phi) is 3.78. The van der Waals surface area contributed by atoms with Gasteiger partial charge in [0.05, 0.1) is 11.1 Å². The van der Waals surface area contributed by atoms with E-state index in [9.17, 15) is 14.0 Å². The van der Waals surface area contributed by atoms with Gasteiger partial charge in [-0.1, -0.05) is 0 Å². The van der Waals surface area contributed by atoms with Gasteiger partial charge in [0, 0.05) is 5.41 Å². The van der Waals surface area contributed by atoms with E-state index in [1.54, 1.807) is 0 Å². The van der Waals surface area contributed by atoms with Gasteiger partial charge >= 0.3 is 12.0 Å². The molecule has 4 aliphatic rings. The molecule has 0 heterocycles. The van der Waals surface area contributed by atoms with Crippen LogP contribution in [0.5, 0.6) is 0 Å². The summed E-state index contributed by atoms with van der Waals surface area (Å²) in [6, 6.07) is 4.09. The molecule has 5 rings (SSSR count). The Morgan fingerprint density at radius 3 is 1.84 bits per heavy atom. The van der Waals surface area contributed by atoms with E-state index < -0.39 is 17.6 Å². The van der Waals surface area contributed by atoms with Gasteiger partial charge in [-0.05, 0) is 94.4 Å². The first-order chi connectivity index (χ1) is 11.8. The van der Waals surface area contributed by atoms with Gasteiger partial charge in [0.25, 0.3) is 0 Å². The smallest absolute Gasteiger partial charge is 0.338 e. The number of ether oxygens (including phenoxy) is 1. The van der Waals surface area contributed by atoms with Crippen molar-refractivity contribution < 1.29 is 18.7 Å². The molecule has 4 heteroatoms. The minimum atomic E-state index is -1.49. The Labute approximate surface area is 147 Å². The fraction of sp³-hybridized carbons (Fsp3) is 0.619. The molecule has 0 unspecified atom stereocenters. The molecule has 0 saturated heterocycles. The molecular weight excluding hydrogens is 319 g/mol. The minimum absolute atomic E-state index is 0.0445. The first kappa shape index (κ1) is 16.7. The molecule has 4 saturated carbocycles.